The number of carbonyl (C=O) groups is 3. The van der Waals surface area contributed by atoms with Gasteiger partial charge in [-0.3, -0.25) is 14.4 Å². The largest absolute Gasteiger partial charge is 0.497 e. The molecule has 1 aliphatic carbocycles. The molecule has 2 aliphatic rings. The van der Waals surface area contributed by atoms with E-state index in [0.717, 1.165) is 0 Å². The van der Waals surface area contributed by atoms with Gasteiger partial charge in [0.15, 0.2) is 0 Å². The lowest BCUT2D eigenvalue weighted by atomic mass is 9.69. The van der Waals surface area contributed by atoms with Crippen LogP contribution in [0.4, 0.5) is 5.69 Å². The number of ether oxygens (including phenoxy) is 2. The second-order valence-corrected chi connectivity index (χ2v) is 8.46. The van der Waals surface area contributed by atoms with Gasteiger partial charge in [-0.15, -0.1) is 0 Å². The fraction of sp³-hybridized carbons (Fsp3) is 0.560. The van der Waals surface area contributed by atoms with Gasteiger partial charge in [-0.2, -0.15) is 0 Å². The zero-order chi connectivity index (χ0) is 24.0. The van der Waals surface area contributed by atoms with Crippen LogP contribution in [0.1, 0.15) is 33.1 Å². The number of benzene rings is 1. The minimum Gasteiger partial charge on any atom is -0.497 e. The minimum atomic E-state index is -0.741. The monoisotopic (exact) mass is 458 g/mol. The van der Waals surface area contributed by atoms with Gasteiger partial charge in [-0.05, 0) is 56.4 Å². The van der Waals surface area contributed by atoms with Crippen LogP contribution in [-0.4, -0.2) is 60.7 Å². The third kappa shape index (κ3) is 5.21. The summed E-state index contributed by atoms with van der Waals surface area (Å²) in [6, 6.07) is 6.24. The lowest BCUT2D eigenvalue weighted by molar-refractivity contribution is -0.155. The molecule has 0 saturated carbocycles. The molecule has 1 heterocycles. The zero-order valence-corrected chi connectivity index (χ0v) is 19.5. The number of allylic oxidation sites excluding steroid dienone is 1. The predicted octanol–water partition coefficient (Wildman–Crippen LogP) is 2.62. The van der Waals surface area contributed by atoms with Crippen LogP contribution in [0.15, 0.2) is 36.4 Å². The summed E-state index contributed by atoms with van der Waals surface area (Å²) in [4.78, 5) is 41.5. The number of anilines is 1. The second-order valence-electron chi connectivity index (χ2n) is 8.46. The molecule has 8 heteroatoms. The molecule has 1 aliphatic heterocycles. The van der Waals surface area contributed by atoms with E-state index in [0.29, 0.717) is 37.2 Å². The van der Waals surface area contributed by atoms with Crippen molar-refractivity contribution in [3.05, 3.63) is 36.4 Å². The summed E-state index contributed by atoms with van der Waals surface area (Å²) >= 11 is 0. The smallest absolute Gasteiger partial charge is 0.310 e. The third-order valence-corrected chi connectivity index (χ3v) is 6.58. The number of aliphatic hydroxyl groups excluding tert-OH is 1. The van der Waals surface area contributed by atoms with Gasteiger partial charge >= 0.3 is 5.97 Å². The van der Waals surface area contributed by atoms with Crippen LogP contribution in [0.2, 0.25) is 0 Å². The van der Waals surface area contributed by atoms with E-state index in [9.17, 15) is 19.5 Å². The summed E-state index contributed by atoms with van der Waals surface area (Å²) in [5.74, 6) is -2.01. The number of nitrogens with zero attached hydrogens (tertiary/aromatic N) is 1. The topological polar surface area (TPSA) is 105 Å². The molecular weight excluding hydrogens is 424 g/mol. The number of unbranched alkanes of at least 4 members (excludes halogenated alkanes) is 1. The number of aliphatic hydroxyl groups is 1. The van der Waals surface area contributed by atoms with Crippen LogP contribution in [-0.2, 0) is 19.1 Å². The van der Waals surface area contributed by atoms with Crippen LogP contribution in [0.5, 0.6) is 5.75 Å². The molecule has 1 aromatic rings. The predicted molar refractivity (Wildman–Crippen MR) is 123 cm³/mol. The van der Waals surface area contributed by atoms with Gasteiger partial charge in [-0.25, -0.2) is 0 Å². The normalized spacial score (nSPS) is 26.1. The van der Waals surface area contributed by atoms with Crippen molar-refractivity contribution in [2.45, 2.75) is 39.2 Å². The van der Waals surface area contributed by atoms with Crippen LogP contribution < -0.4 is 10.1 Å². The lowest BCUT2D eigenvalue weighted by Gasteiger charge is -2.33. The molecule has 0 unspecified atom stereocenters. The van der Waals surface area contributed by atoms with Gasteiger partial charge in [0.25, 0.3) is 0 Å². The van der Waals surface area contributed by atoms with Crippen LogP contribution in [0.25, 0.3) is 0 Å². The van der Waals surface area contributed by atoms with Crippen LogP contribution >= 0.6 is 0 Å². The van der Waals surface area contributed by atoms with Crippen molar-refractivity contribution in [3.63, 3.8) is 0 Å². The van der Waals surface area contributed by atoms with Crippen molar-refractivity contribution >= 4 is 23.5 Å². The number of amides is 2. The van der Waals surface area contributed by atoms with Gasteiger partial charge in [0.1, 0.15) is 11.8 Å². The number of nitrogens with one attached hydrogen (secondary N) is 1. The zero-order valence-electron chi connectivity index (χ0n) is 19.5. The summed E-state index contributed by atoms with van der Waals surface area (Å²) in [6.45, 7) is 4.32. The van der Waals surface area contributed by atoms with Crippen molar-refractivity contribution in [1.29, 1.82) is 0 Å². The summed E-state index contributed by atoms with van der Waals surface area (Å²) in [5, 5.41) is 12.1. The molecule has 1 fully saturated rings. The first-order valence-corrected chi connectivity index (χ1v) is 11.7. The van der Waals surface area contributed by atoms with Crippen LogP contribution in [0, 0.1) is 23.7 Å². The Morgan fingerprint density at radius 3 is 2.45 bits per heavy atom. The lowest BCUT2D eigenvalue weighted by Crippen LogP contribution is -2.44. The van der Waals surface area contributed by atoms with E-state index in [1.807, 2.05) is 19.1 Å². The molecule has 1 aromatic carbocycles. The van der Waals surface area contributed by atoms with Gasteiger partial charge in [-0.1, -0.05) is 19.1 Å². The van der Waals surface area contributed by atoms with Crippen molar-refractivity contribution in [1.82, 2.24) is 4.90 Å². The van der Waals surface area contributed by atoms with Gasteiger partial charge in [0.05, 0.1) is 25.6 Å². The van der Waals surface area contributed by atoms with E-state index in [2.05, 4.69) is 5.32 Å². The van der Waals surface area contributed by atoms with Crippen molar-refractivity contribution in [2.75, 3.05) is 32.2 Å². The molecule has 180 valence electrons. The molecular formula is C25H34N2O6. The first kappa shape index (κ1) is 24.8. The Balaban J connectivity index is 1.92. The number of hydrogen-bond donors (Lipinski definition) is 2. The number of likely N-dealkylation sites (tertiary alicyclic amines) is 1. The number of carbonyl (C=O) groups excluding carboxylic acids is 3. The summed E-state index contributed by atoms with van der Waals surface area (Å²) in [7, 11) is 1.57. The van der Waals surface area contributed by atoms with Crippen molar-refractivity contribution < 1.29 is 29.0 Å². The van der Waals surface area contributed by atoms with E-state index in [-0.39, 0.29) is 36.9 Å². The maximum atomic E-state index is 13.6. The highest BCUT2D eigenvalue weighted by molar-refractivity contribution is 6.01. The highest BCUT2D eigenvalue weighted by Crippen LogP contribution is 2.45. The van der Waals surface area contributed by atoms with E-state index in [1.165, 1.54) is 0 Å². The molecule has 33 heavy (non-hydrogen) atoms. The molecule has 0 aromatic heterocycles. The van der Waals surface area contributed by atoms with Crippen molar-refractivity contribution in [3.8, 4) is 5.75 Å². The molecule has 8 nitrogen and oxygen atoms in total. The van der Waals surface area contributed by atoms with Crippen LogP contribution in [0.3, 0.4) is 0 Å². The SMILES string of the molecule is CCOC(=O)[C@H]1[C@@H]2C(=O)N(CCCCO)[C@H](C(=O)Nc3ccc(OC)cc3)[C@H]2C=C[C@H]1CC. The quantitative estimate of drug-likeness (QED) is 0.317. The fourth-order valence-electron chi connectivity index (χ4n) is 4.97. The summed E-state index contributed by atoms with van der Waals surface area (Å²) < 4.78 is 10.5. The van der Waals surface area contributed by atoms with Gasteiger partial charge in [0, 0.05) is 24.8 Å². The maximum absolute atomic E-state index is 13.6. The molecule has 0 radical (unpaired) electrons. The van der Waals surface area contributed by atoms with E-state index in [4.69, 9.17) is 9.47 Å². The van der Waals surface area contributed by atoms with Gasteiger partial charge < -0.3 is 24.8 Å². The number of esters is 1. The Labute approximate surface area is 194 Å². The molecule has 2 amide bonds. The Morgan fingerprint density at radius 2 is 1.85 bits per heavy atom. The van der Waals surface area contributed by atoms with Crippen molar-refractivity contribution in [2.24, 2.45) is 23.7 Å². The highest BCUT2D eigenvalue weighted by Gasteiger charge is 2.57. The Kier molecular flexibility index (Phi) is 8.49. The summed E-state index contributed by atoms with van der Waals surface area (Å²) in [6.07, 6.45) is 5.68. The van der Waals surface area contributed by atoms with E-state index >= 15 is 0 Å². The summed E-state index contributed by atoms with van der Waals surface area (Å²) in [5.41, 5.74) is 0.597. The third-order valence-electron chi connectivity index (χ3n) is 6.58. The maximum Gasteiger partial charge on any atom is 0.310 e. The molecule has 3 rings (SSSR count). The molecule has 1 saturated heterocycles. The van der Waals surface area contributed by atoms with E-state index in [1.54, 1.807) is 43.2 Å². The first-order valence-electron chi connectivity index (χ1n) is 11.7. The molecule has 5 atom stereocenters. The van der Waals surface area contributed by atoms with Gasteiger partial charge in [0.2, 0.25) is 11.8 Å². The Morgan fingerprint density at radius 1 is 1.12 bits per heavy atom. The molecule has 0 spiro atoms. The number of methoxy groups -OCH3 is 1. The highest BCUT2D eigenvalue weighted by atomic mass is 16.5. The standard InChI is InChI=1S/C25H34N2O6/c1-4-16-8-13-19-21(20(16)25(31)33-5-2)24(30)27(14-6-7-15-28)22(19)23(29)26-17-9-11-18(32-3)12-10-17/h8-13,16,19-22,28H,4-7,14-15H2,1-3H3,(H,26,29)/t16-,19+,20-,21-,22+/m1/s1. The fourth-order valence-corrected chi connectivity index (χ4v) is 4.97. The average Bonchev–Trinajstić information content (AvgIpc) is 3.10. The first-order chi connectivity index (χ1) is 16.0. The average molecular weight is 459 g/mol. The number of fused-ring (bicyclic) bond motifs is 1. The Bertz CT molecular complexity index is 868. The second kappa shape index (κ2) is 11.3. The number of rotatable bonds is 10. The molecule has 0 bridgehead atoms. The van der Waals surface area contributed by atoms with E-state index < -0.39 is 23.8 Å². The number of hydrogen-bond acceptors (Lipinski definition) is 6. The Hall–Kier alpha value is -2.87. The molecule has 2 N–H and O–H groups in total. The minimum absolute atomic E-state index is 0.0147.